The van der Waals surface area contributed by atoms with Crippen LogP contribution >= 0.6 is 27.5 Å². The van der Waals surface area contributed by atoms with Gasteiger partial charge >= 0.3 is 0 Å². The quantitative estimate of drug-likeness (QED) is 0.246. The van der Waals surface area contributed by atoms with Gasteiger partial charge in [0.15, 0.2) is 11.5 Å². The van der Waals surface area contributed by atoms with Crippen LogP contribution in [0.5, 0.6) is 11.5 Å². The Hall–Kier alpha value is -1.77. The zero-order chi connectivity index (χ0) is 24.2. The summed E-state index contributed by atoms with van der Waals surface area (Å²) in [6.07, 6.45) is 7.38. The smallest absolute Gasteiger partial charge is 0.287 e. The second-order valence-electron chi connectivity index (χ2n) is 8.39. The second kappa shape index (κ2) is 14.6. The van der Waals surface area contributed by atoms with Gasteiger partial charge in [0, 0.05) is 44.6 Å². The molecule has 1 aromatic heterocycles. The number of hydrogen-bond donors (Lipinski definition) is 0. The first-order valence-corrected chi connectivity index (χ1v) is 13.8. The summed E-state index contributed by atoms with van der Waals surface area (Å²) in [5, 5.41) is 5.73. The van der Waals surface area contributed by atoms with Crippen molar-refractivity contribution in [3.63, 3.8) is 0 Å². The zero-order valence-corrected chi connectivity index (χ0v) is 22.4. The third kappa shape index (κ3) is 7.89. The van der Waals surface area contributed by atoms with Crippen molar-refractivity contribution < 1.29 is 9.47 Å². The number of ether oxygens (including phenoxy) is 2. The minimum absolute atomic E-state index is 0.191. The van der Waals surface area contributed by atoms with Crippen LogP contribution in [0.25, 0.3) is 0 Å². The van der Waals surface area contributed by atoms with Gasteiger partial charge in [-0.3, -0.25) is 9.69 Å². The molecule has 1 fully saturated rings. The van der Waals surface area contributed by atoms with Gasteiger partial charge in [-0.15, -0.1) is 0 Å². The number of alkyl halides is 1. The normalized spacial score (nSPS) is 14.4. The molecule has 7 nitrogen and oxygen atoms in total. The molecule has 9 heteroatoms. The molecular weight excluding hydrogens is 520 g/mol. The van der Waals surface area contributed by atoms with Crippen LogP contribution in [0, 0.1) is 0 Å². The van der Waals surface area contributed by atoms with Crippen LogP contribution in [0.15, 0.2) is 35.3 Å². The van der Waals surface area contributed by atoms with E-state index in [-0.39, 0.29) is 10.6 Å². The van der Waals surface area contributed by atoms with Crippen molar-refractivity contribution in [3.05, 3.63) is 45.8 Å². The van der Waals surface area contributed by atoms with Gasteiger partial charge in [0.25, 0.3) is 5.56 Å². The van der Waals surface area contributed by atoms with Crippen LogP contribution in [0.3, 0.4) is 0 Å². The van der Waals surface area contributed by atoms with Crippen LogP contribution in [-0.2, 0) is 6.54 Å². The number of benzene rings is 1. The Labute approximate surface area is 216 Å². The molecular formula is C25H36BrClN4O3. The number of unbranched alkanes of at least 4 members (excludes halogenated alkanes) is 4. The number of para-hydroxylation sites is 2. The highest BCUT2D eigenvalue weighted by atomic mass is 79.9. The van der Waals surface area contributed by atoms with Crippen molar-refractivity contribution in [3.8, 4) is 11.5 Å². The molecule has 1 aromatic carbocycles. The van der Waals surface area contributed by atoms with Gasteiger partial charge in [0.1, 0.15) is 11.6 Å². The summed E-state index contributed by atoms with van der Waals surface area (Å²) in [7, 11) is 0. The molecule has 188 valence electrons. The van der Waals surface area contributed by atoms with Crippen molar-refractivity contribution in [1.82, 2.24) is 14.7 Å². The van der Waals surface area contributed by atoms with Gasteiger partial charge in [0.05, 0.1) is 18.5 Å². The summed E-state index contributed by atoms with van der Waals surface area (Å²) >= 11 is 9.93. The molecule has 0 aliphatic carbocycles. The molecule has 0 amide bonds. The Morgan fingerprint density at radius 1 is 0.971 bits per heavy atom. The van der Waals surface area contributed by atoms with Crippen LogP contribution in [-0.4, -0.2) is 65.9 Å². The van der Waals surface area contributed by atoms with Gasteiger partial charge in [0.2, 0.25) is 0 Å². The minimum Gasteiger partial charge on any atom is -0.490 e. The number of aryl methyl sites for hydroxylation is 1. The first kappa shape index (κ1) is 26.8. The molecule has 0 spiro atoms. The number of hydrogen-bond acceptors (Lipinski definition) is 6. The van der Waals surface area contributed by atoms with E-state index >= 15 is 0 Å². The van der Waals surface area contributed by atoms with E-state index in [4.69, 9.17) is 21.1 Å². The van der Waals surface area contributed by atoms with E-state index in [1.54, 1.807) is 6.20 Å². The fraction of sp³-hybridized carbons (Fsp3) is 0.600. The van der Waals surface area contributed by atoms with E-state index in [2.05, 4.69) is 30.8 Å². The molecule has 0 radical (unpaired) electrons. The maximum Gasteiger partial charge on any atom is 0.287 e. The number of rotatable bonds is 14. The average Bonchev–Trinajstić information content (AvgIpc) is 2.86. The predicted molar refractivity (Wildman–Crippen MR) is 142 cm³/mol. The first-order chi connectivity index (χ1) is 16.6. The third-order valence-electron chi connectivity index (χ3n) is 6.00. The molecule has 0 unspecified atom stereocenters. The predicted octanol–water partition coefficient (Wildman–Crippen LogP) is 4.84. The molecule has 0 atom stereocenters. The van der Waals surface area contributed by atoms with E-state index in [0.717, 1.165) is 68.1 Å². The lowest BCUT2D eigenvalue weighted by molar-refractivity contribution is 0.195. The average molecular weight is 556 g/mol. The Balaban J connectivity index is 1.44. The highest BCUT2D eigenvalue weighted by Gasteiger charge is 2.21. The number of piperazine rings is 1. The van der Waals surface area contributed by atoms with Crippen molar-refractivity contribution in [2.45, 2.75) is 45.6 Å². The largest absolute Gasteiger partial charge is 0.490 e. The molecule has 0 bridgehead atoms. The Morgan fingerprint density at radius 2 is 1.65 bits per heavy atom. The van der Waals surface area contributed by atoms with Gasteiger partial charge in [-0.25, -0.2) is 4.68 Å². The molecule has 1 aliphatic heterocycles. The summed E-state index contributed by atoms with van der Waals surface area (Å²) in [6.45, 7) is 7.98. The number of aromatic nitrogens is 2. The van der Waals surface area contributed by atoms with E-state index in [1.807, 2.05) is 31.2 Å². The van der Waals surface area contributed by atoms with E-state index in [1.165, 1.54) is 23.9 Å². The molecule has 2 heterocycles. The summed E-state index contributed by atoms with van der Waals surface area (Å²) in [4.78, 5) is 17.2. The molecule has 1 aliphatic rings. The van der Waals surface area contributed by atoms with Gasteiger partial charge in [-0.05, 0) is 31.9 Å². The summed E-state index contributed by atoms with van der Waals surface area (Å²) in [6, 6.07) is 7.76. The Kier molecular flexibility index (Phi) is 11.5. The van der Waals surface area contributed by atoms with Crippen LogP contribution in [0.1, 0.15) is 39.0 Å². The van der Waals surface area contributed by atoms with Gasteiger partial charge in [-0.1, -0.05) is 58.9 Å². The second-order valence-corrected chi connectivity index (χ2v) is 9.56. The van der Waals surface area contributed by atoms with E-state index in [9.17, 15) is 4.79 Å². The summed E-state index contributed by atoms with van der Waals surface area (Å²) in [5.41, 5.74) is 0.546. The van der Waals surface area contributed by atoms with Crippen LogP contribution in [0.4, 0.5) is 5.69 Å². The zero-order valence-electron chi connectivity index (χ0n) is 20.1. The SMILES string of the molecule is CCOc1ccccc1OCCN1CCN(c2cnn(CCCCCCCBr)c(=O)c2Cl)CC1. The highest BCUT2D eigenvalue weighted by molar-refractivity contribution is 9.09. The fourth-order valence-electron chi connectivity index (χ4n) is 4.06. The van der Waals surface area contributed by atoms with Crippen molar-refractivity contribution in [2.24, 2.45) is 0 Å². The minimum atomic E-state index is -0.191. The lowest BCUT2D eigenvalue weighted by atomic mass is 10.1. The number of anilines is 1. The lowest BCUT2D eigenvalue weighted by Gasteiger charge is -2.36. The third-order valence-corrected chi connectivity index (χ3v) is 6.91. The highest BCUT2D eigenvalue weighted by Crippen LogP contribution is 2.26. The summed E-state index contributed by atoms with van der Waals surface area (Å²) < 4.78 is 13.1. The van der Waals surface area contributed by atoms with E-state index < -0.39 is 0 Å². The van der Waals surface area contributed by atoms with E-state index in [0.29, 0.717) is 19.8 Å². The molecule has 2 aromatic rings. The summed E-state index contributed by atoms with van der Waals surface area (Å²) in [5.74, 6) is 1.56. The lowest BCUT2D eigenvalue weighted by Crippen LogP contribution is -2.48. The van der Waals surface area contributed by atoms with Crippen molar-refractivity contribution >= 4 is 33.2 Å². The Bertz CT molecular complexity index is 935. The van der Waals surface area contributed by atoms with Crippen LogP contribution in [0.2, 0.25) is 5.02 Å². The number of halogens is 2. The molecule has 0 saturated carbocycles. The van der Waals surface area contributed by atoms with Crippen molar-refractivity contribution in [2.75, 3.05) is 56.2 Å². The molecule has 0 N–H and O–H groups in total. The standard InChI is InChI=1S/C25H36BrClN4O3/c1-2-33-22-10-6-7-11-23(22)34-19-18-29-14-16-30(17-15-29)21-20-28-31(25(32)24(21)27)13-9-5-3-4-8-12-26/h6-7,10-11,20H,2-5,8-9,12-19H2,1H3. The molecule has 1 saturated heterocycles. The topological polar surface area (TPSA) is 59.8 Å². The fourth-order valence-corrected chi connectivity index (χ4v) is 4.73. The maximum absolute atomic E-state index is 12.7. The van der Waals surface area contributed by atoms with Crippen LogP contribution < -0.4 is 19.9 Å². The van der Waals surface area contributed by atoms with Gasteiger partial charge < -0.3 is 14.4 Å². The molecule has 3 rings (SSSR count). The monoisotopic (exact) mass is 554 g/mol. The number of nitrogens with zero attached hydrogens (tertiary/aromatic N) is 4. The van der Waals surface area contributed by atoms with Gasteiger partial charge in [-0.2, -0.15) is 5.10 Å². The Morgan fingerprint density at radius 3 is 2.35 bits per heavy atom. The first-order valence-electron chi connectivity index (χ1n) is 12.3. The maximum atomic E-state index is 12.7. The molecule has 34 heavy (non-hydrogen) atoms. The van der Waals surface area contributed by atoms with Crippen molar-refractivity contribution in [1.29, 1.82) is 0 Å².